The summed E-state index contributed by atoms with van der Waals surface area (Å²) in [6, 6.07) is 8.17. The largest absolute Gasteiger partial charge is 0.435 e. The first-order valence-corrected chi connectivity index (χ1v) is 8.91. The first-order valence-electron chi connectivity index (χ1n) is 8.91. The highest BCUT2D eigenvalue weighted by Gasteiger charge is 2.21. The molecule has 1 aliphatic heterocycles. The number of amides is 2. The fourth-order valence-electron chi connectivity index (χ4n) is 3.14. The minimum Gasteiger partial charge on any atom is -0.435 e. The summed E-state index contributed by atoms with van der Waals surface area (Å²) in [7, 11) is 0. The molecule has 0 atom stereocenters. The molecular formula is C20H18F4N2O3. The predicted octanol–water partition coefficient (Wildman–Crippen LogP) is 3.62. The number of carbonyl (C=O) groups excluding carboxylic acids is 2. The maximum atomic E-state index is 14.0. The monoisotopic (exact) mass is 410 g/mol. The lowest BCUT2D eigenvalue weighted by atomic mass is 10.1. The van der Waals surface area contributed by atoms with E-state index < -0.39 is 35.5 Å². The average Bonchev–Trinajstić information content (AvgIpc) is 3.04. The van der Waals surface area contributed by atoms with Gasteiger partial charge < -0.3 is 15.0 Å². The van der Waals surface area contributed by atoms with E-state index in [-0.39, 0.29) is 12.5 Å². The molecule has 3 rings (SSSR count). The van der Waals surface area contributed by atoms with E-state index >= 15 is 0 Å². The third-order valence-electron chi connectivity index (χ3n) is 4.46. The van der Waals surface area contributed by atoms with Crippen molar-refractivity contribution in [3.63, 3.8) is 0 Å². The molecule has 0 radical (unpaired) electrons. The smallest absolute Gasteiger partial charge is 0.387 e. The molecule has 0 saturated carbocycles. The zero-order chi connectivity index (χ0) is 21.0. The molecule has 1 fully saturated rings. The molecule has 0 bridgehead atoms. The van der Waals surface area contributed by atoms with Crippen molar-refractivity contribution < 1.29 is 31.9 Å². The van der Waals surface area contributed by atoms with Crippen molar-refractivity contribution in [2.75, 3.05) is 6.54 Å². The van der Waals surface area contributed by atoms with Crippen LogP contribution < -0.4 is 10.1 Å². The van der Waals surface area contributed by atoms with Gasteiger partial charge in [-0.25, -0.2) is 8.78 Å². The summed E-state index contributed by atoms with van der Waals surface area (Å²) in [4.78, 5) is 25.6. The molecule has 2 aromatic carbocycles. The Morgan fingerprint density at radius 2 is 1.83 bits per heavy atom. The molecule has 9 heteroatoms. The first kappa shape index (κ1) is 20.6. The van der Waals surface area contributed by atoms with Crippen molar-refractivity contribution in [2.45, 2.75) is 32.5 Å². The molecule has 0 spiro atoms. The van der Waals surface area contributed by atoms with E-state index in [1.807, 2.05) is 6.07 Å². The fraction of sp³-hybridized carbons (Fsp3) is 0.300. The van der Waals surface area contributed by atoms with Crippen LogP contribution in [0.2, 0.25) is 0 Å². The second kappa shape index (κ2) is 8.93. The number of carbonyl (C=O) groups is 2. The van der Waals surface area contributed by atoms with Crippen LogP contribution in [-0.4, -0.2) is 29.9 Å². The molecule has 154 valence electrons. The number of halogens is 4. The fourth-order valence-corrected chi connectivity index (χ4v) is 3.14. The quantitative estimate of drug-likeness (QED) is 0.710. The molecule has 29 heavy (non-hydrogen) atoms. The normalized spacial score (nSPS) is 13.8. The Labute approximate surface area is 164 Å². The van der Waals surface area contributed by atoms with E-state index in [9.17, 15) is 27.2 Å². The number of nitrogens with zero attached hydrogens (tertiary/aromatic N) is 1. The lowest BCUT2D eigenvalue weighted by Gasteiger charge is -2.16. The topological polar surface area (TPSA) is 58.6 Å². The van der Waals surface area contributed by atoms with E-state index in [0.29, 0.717) is 37.2 Å². The number of hydrogen-bond acceptors (Lipinski definition) is 3. The van der Waals surface area contributed by atoms with Gasteiger partial charge in [-0.05, 0) is 17.5 Å². The number of alkyl halides is 2. The van der Waals surface area contributed by atoms with Crippen molar-refractivity contribution in [1.82, 2.24) is 10.2 Å². The molecule has 5 nitrogen and oxygen atoms in total. The van der Waals surface area contributed by atoms with Gasteiger partial charge in [0.1, 0.15) is 22.9 Å². The van der Waals surface area contributed by atoms with Crippen LogP contribution in [0.3, 0.4) is 0 Å². The molecule has 1 saturated heterocycles. The van der Waals surface area contributed by atoms with Gasteiger partial charge in [0.25, 0.3) is 5.91 Å². The van der Waals surface area contributed by atoms with E-state index in [0.717, 1.165) is 12.0 Å². The standard InChI is InChI=1S/C20H18F4N2O3/c21-15-8-14(29-20(23)24)9-16(22)18(15)19(28)25-10-12-3-1-4-13(7-12)11-26-6-2-5-17(26)27/h1,3-4,7-9,20H,2,5-6,10-11H2,(H,25,28). The Morgan fingerprint density at radius 3 is 2.45 bits per heavy atom. The number of ether oxygens (including phenoxy) is 1. The van der Waals surface area contributed by atoms with Crippen LogP contribution in [-0.2, 0) is 17.9 Å². The van der Waals surface area contributed by atoms with E-state index in [4.69, 9.17) is 0 Å². The van der Waals surface area contributed by atoms with E-state index in [1.165, 1.54) is 0 Å². The van der Waals surface area contributed by atoms with Crippen molar-refractivity contribution in [2.24, 2.45) is 0 Å². The summed E-state index contributed by atoms with van der Waals surface area (Å²) < 4.78 is 56.3. The van der Waals surface area contributed by atoms with E-state index in [1.54, 1.807) is 23.1 Å². The molecule has 0 aliphatic carbocycles. The van der Waals surface area contributed by atoms with Crippen molar-refractivity contribution >= 4 is 11.8 Å². The number of rotatable bonds is 7. The zero-order valence-corrected chi connectivity index (χ0v) is 15.3. The Kier molecular flexibility index (Phi) is 6.36. The Balaban J connectivity index is 1.65. The highest BCUT2D eigenvalue weighted by molar-refractivity contribution is 5.94. The SMILES string of the molecule is O=C(NCc1cccc(CN2CCCC2=O)c1)c1c(F)cc(OC(F)F)cc1F. The molecule has 1 aliphatic rings. The van der Waals surface area contributed by atoms with Crippen LogP contribution in [0, 0.1) is 11.6 Å². The summed E-state index contributed by atoms with van der Waals surface area (Å²) >= 11 is 0. The summed E-state index contributed by atoms with van der Waals surface area (Å²) in [5.41, 5.74) is 0.671. The Morgan fingerprint density at radius 1 is 1.14 bits per heavy atom. The number of likely N-dealkylation sites (tertiary alicyclic amines) is 1. The van der Waals surface area contributed by atoms with Gasteiger partial charge in [-0.3, -0.25) is 9.59 Å². The lowest BCUT2D eigenvalue weighted by molar-refractivity contribution is -0.128. The van der Waals surface area contributed by atoms with Gasteiger partial charge in [-0.15, -0.1) is 0 Å². The van der Waals surface area contributed by atoms with Gasteiger partial charge in [0.2, 0.25) is 5.91 Å². The summed E-state index contributed by atoms with van der Waals surface area (Å²) in [5, 5.41) is 2.40. The van der Waals surface area contributed by atoms with Gasteiger partial charge in [0.05, 0.1) is 0 Å². The molecule has 1 heterocycles. The highest BCUT2D eigenvalue weighted by Crippen LogP contribution is 2.22. The summed E-state index contributed by atoms with van der Waals surface area (Å²) in [5.74, 6) is -4.26. The minimum atomic E-state index is -3.24. The second-order valence-corrected chi connectivity index (χ2v) is 6.56. The van der Waals surface area contributed by atoms with Gasteiger partial charge >= 0.3 is 6.61 Å². The third kappa shape index (κ3) is 5.24. The summed E-state index contributed by atoms with van der Waals surface area (Å²) in [6.07, 6.45) is 1.36. The number of benzene rings is 2. The second-order valence-electron chi connectivity index (χ2n) is 6.56. The predicted molar refractivity (Wildman–Crippen MR) is 95.3 cm³/mol. The van der Waals surface area contributed by atoms with E-state index in [2.05, 4.69) is 10.1 Å². The maximum absolute atomic E-state index is 14.0. The Bertz CT molecular complexity index is 897. The van der Waals surface area contributed by atoms with Crippen LogP contribution in [0.1, 0.15) is 34.3 Å². The van der Waals surface area contributed by atoms with Crippen LogP contribution >= 0.6 is 0 Å². The van der Waals surface area contributed by atoms with Crippen molar-refractivity contribution in [3.8, 4) is 5.75 Å². The number of hydrogen-bond donors (Lipinski definition) is 1. The average molecular weight is 410 g/mol. The van der Waals surface area contributed by atoms with Crippen molar-refractivity contribution in [1.29, 1.82) is 0 Å². The summed E-state index contributed by atoms with van der Waals surface area (Å²) in [6.45, 7) is -2.09. The molecule has 0 aromatic heterocycles. The first-order chi connectivity index (χ1) is 13.8. The molecule has 1 N–H and O–H groups in total. The van der Waals surface area contributed by atoms with Gasteiger partial charge in [0, 0.05) is 38.2 Å². The third-order valence-corrected chi connectivity index (χ3v) is 4.46. The molecule has 0 unspecified atom stereocenters. The molecular weight excluding hydrogens is 392 g/mol. The van der Waals surface area contributed by atoms with Crippen LogP contribution in [0.15, 0.2) is 36.4 Å². The van der Waals surface area contributed by atoms with Gasteiger partial charge in [0.15, 0.2) is 0 Å². The highest BCUT2D eigenvalue weighted by atomic mass is 19.3. The molecule has 2 aromatic rings. The van der Waals surface area contributed by atoms with Crippen LogP contribution in [0.5, 0.6) is 5.75 Å². The van der Waals surface area contributed by atoms with Gasteiger partial charge in [-0.2, -0.15) is 8.78 Å². The van der Waals surface area contributed by atoms with Crippen LogP contribution in [0.25, 0.3) is 0 Å². The number of nitrogens with one attached hydrogen (secondary N) is 1. The zero-order valence-electron chi connectivity index (χ0n) is 15.3. The van der Waals surface area contributed by atoms with Gasteiger partial charge in [-0.1, -0.05) is 24.3 Å². The minimum absolute atomic E-state index is 0.00517. The molecule has 2 amide bonds. The Hall–Kier alpha value is -3.10. The lowest BCUT2D eigenvalue weighted by Crippen LogP contribution is -2.26. The maximum Gasteiger partial charge on any atom is 0.387 e. The van der Waals surface area contributed by atoms with Crippen LogP contribution in [0.4, 0.5) is 17.6 Å². The van der Waals surface area contributed by atoms with Crippen molar-refractivity contribution in [3.05, 3.63) is 64.7 Å².